The van der Waals surface area contributed by atoms with Crippen LogP contribution in [0.3, 0.4) is 0 Å². The lowest BCUT2D eigenvalue weighted by Crippen LogP contribution is -2.25. The molecule has 0 saturated carbocycles. The van der Waals surface area contributed by atoms with Gasteiger partial charge in [0, 0.05) is 68.5 Å². The van der Waals surface area contributed by atoms with Crippen LogP contribution in [-0.2, 0) is 24.0 Å². The summed E-state index contributed by atoms with van der Waals surface area (Å²) in [5.41, 5.74) is 5.43. The average Bonchev–Trinajstić information content (AvgIpc) is 3.31. The summed E-state index contributed by atoms with van der Waals surface area (Å²) in [6.45, 7) is 9.16. The van der Waals surface area contributed by atoms with Gasteiger partial charge in [-0.25, -0.2) is 0 Å². The third-order valence-corrected chi connectivity index (χ3v) is 13.1. The number of nitrogens with two attached hydrogens (primary N) is 1. The number of unbranched alkanes of at least 4 members (excludes halogenated alkanes) is 2. The molecule has 0 bridgehead atoms. The molecule has 372 valence electrons. The monoisotopic (exact) mass is 987 g/mol. The fourth-order valence-electron chi connectivity index (χ4n) is 4.97. The van der Waals surface area contributed by atoms with E-state index in [0.717, 1.165) is 126 Å². The van der Waals surface area contributed by atoms with Gasteiger partial charge in [0.05, 0.1) is 0 Å². The van der Waals surface area contributed by atoms with Gasteiger partial charge in [0.1, 0.15) is 0 Å². The minimum atomic E-state index is 0.129. The zero-order valence-electron chi connectivity index (χ0n) is 40.7. The molecular formula is C53H86N4O5S4. The number of carbonyl (C=O) groups excluding carboxylic acids is 5. The summed E-state index contributed by atoms with van der Waals surface area (Å²) in [5, 5.41) is 8.83. The first-order valence-electron chi connectivity index (χ1n) is 23.9. The molecule has 3 amide bonds. The second-order valence-corrected chi connectivity index (χ2v) is 19.6. The second-order valence-electron chi connectivity index (χ2n) is 14.2. The highest BCUT2D eigenvalue weighted by Gasteiger charge is 2.01. The first-order valence-corrected chi connectivity index (χ1v) is 28.9. The molecule has 0 aliphatic carbocycles. The number of nitrogens with one attached hydrogen (secondary N) is 3. The summed E-state index contributed by atoms with van der Waals surface area (Å²) in [6, 6.07) is 0. The van der Waals surface area contributed by atoms with Crippen LogP contribution in [0.2, 0.25) is 0 Å². The summed E-state index contributed by atoms with van der Waals surface area (Å²) < 4.78 is 0. The quantitative estimate of drug-likeness (QED) is 0.0265. The lowest BCUT2D eigenvalue weighted by molar-refractivity contribution is -0.191. The molecule has 0 unspecified atom stereocenters. The van der Waals surface area contributed by atoms with Gasteiger partial charge in [-0.1, -0.05) is 185 Å². The fourth-order valence-corrected chi connectivity index (χ4v) is 8.55. The van der Waals surface area contributed by atoms with E-state index >= 15 is 0 Å². The van der Waals surface area contributed by atoms with Gasteiger partial charge in [-0.05, 0) is 96.3 Å². The number of allylic oxidation sites excluding steroid dienone is 20. The zero-order valence-corrected chi connectivity index (χ0v) is 43.9. The van der Waals surface area contributed by atoms with E-state index in [9.17, 15) is 14.4 Å². The maximum atomic E-state index is 11.9. The zero-order chi connectivity index (χ0) is 48.9. The summed E-state index contributed by atoms with van der Waals surface area (Å²) in [6.07, 6.45) is 60.7. The van der Waals surface area contributed by atoms with E-state index in [4.69, 9.17) is 15.3 Å². The molecule has 9 nitrogen and oxygen atoms in total. The van der Waals surface area contributed by atoms with Crippen molar-refractivity contribution in [1.29, 1.82) is 0 Å². The molecule has 0 saturated heterocycles. The van der Waals surface area contributed by atoms with Crippen LogP contribution in [0.15, 0.2) is 122 Å². The maximum absolute atomic E-state index is 11.9. The summed E-state index contributed by atoms with van der Waals surface area (Å²) >= 11 is 0. The number of hydrogen-bond acceptors (Lipinski definition) is 10. The van der Waals surface area contributed by atoms with E-state index in [0.29, 0.717) is 38.9 Å². The van der Waals surface area contributed by atoms with Gasteiger partial charge in [0.15, 0.2) is 0 Å². The van der Waals surface area contributed by atoms with Crippen LogP contribution in [0.1, 0.15) is 136 Å². The molecule has 66 heavy (non-hydrogen) atoms. The SMILES string of the molecule is CC/C=C\C/C=C\C/C=C\C/C=C\C/C=C\CCCC(=O)NCCSSCCN.CC/C=C\C/C=C\C/C=C\C/C=C\C/C=C\CCCC(=O)NCCSSCCNC(=O)CCC.O=C=O. The average molecular weight is 988 g/mol. The van der Waals surface area contributed by atoms with Crippen molar-refractivity contribution in [3.63, 3.8) is 0 Å². The fraction of sp³-hybridized carbons (Fsp3) is 0.547. The van der Waals surface area contributed by atoms with Crippen molar-refractivity contribution in [2.75, 3.05) is 49.2 Å². The highest BCUT2D eigenvalue weighted by Crippen LogP contribution is 2.19. The van der Waals surface area contributed by atoms with Crippen LogP contribution in [0.25, 0.3) is 0 Å². The van der Waals surface area contributed by atoms with Crippen LogP contribution in [0.5, 0.6) is 0 Å². The van der Waals surface area contributed by atoms with E-state index in [1.165, 1.54) is 0 Å². The first kappa shape index (κ1) is 66.8. The minimum Gasteiger partial charge on any atom is -0.355 e. The van der Waals surface area contributed by atoms with Gasteiger partial charge in [-0.2, -0.15) is 9.59 Å². The van der Waals surface area contributed by atoms with Gasteiger partial charge in [-0.15, -0.1) is 0 Å². The van der Waals surface area contributed by atoms with Crippen molar-refractivity contribution in [3.05, 3.63) is 122 Å². The normalized spacial score (nSPS) is 11.9. The van der Waals surface area contributed by atoms with Crippen molar-refractivity contribution in [2.45, 2.75) is 136 Å². The lowest BCUT2D eigenvalue weighted by Gasteiger charge is -2.05. The van der Waals surface area contributed by atoms with Gasteiger partial charge in [0.25, 0.3) is 0 Å². The Morgan fingerprint density at radius 1 is 0.409 bits per heavy atom. The number of hydrogen-bond donors (Lipinski definition) is 4. The lowest BCUT2D eigenvalue weighted by atomic mass is 10.2. The topological polar surface area (TPSA) is 147 Å². The standard InChI is InChI=1S/C28H46N2O2S2.C24H40N2OS2.CO2/c1-3-5-6-7-8-9-10-11-12-13-14-15-16-17-18-19-20-22-28(32)30-24-26-34-33-25-23-29-27(31)21-4-2;1-2-3-4-5-6-7-8-9-10-11-12-13-14-15-16-17-18-19-24(27)26-21-23-29-28-22-20-25;2-1-3/h5-6,8-9,11-12,14-15,17-18H,3-4,7,10,13,16,19-26H2,1-2H3,(H,29,31)(H,30,32);3-4,6-7,9-10,12-13,15-16H,2,5,8,11,14,17-23,25H2,1H3,(H,26,27);/b6-5-,9-8-,12-11-,15-14-,18-17-;4-3-,7-6-,10-9-,13-12-,16-15-;. The Labute approximate surface area is 417 Å². The van der Waals surface area contributed by atoms with Crippen LogP contribution in [0, 0.1) is 0 Å². The molecule has 0 radical (unpaired) electrons. The highest BCUT2D eigenvalue weighted by molar-refractivity contribution is 8.77. The summed E-state index contributed by atoms with van der Waals surface area (Å²) in [5.74, 6) is 4.09. The van der Waals surface area contributed by atoms with Crippen molar-refractivity contribution < 1.29 is 24.0 Å². The van der Waals surface area contributed by atoms with Gasteiger partial charge >= 0.3 is 6.15 Å². The Balaban J connectivity index is -0.00000115. The van der Waals surface area contributed by atoms with Crippen LogP contribution < -0.4 is 21.7 Å². The predicted octanol–water partition coefficient (Wildman–Crippen LogP) is 13.1. The predicted molar refractivity (Wildman–Crippen MR) is 294 cm³/mol. The molecule has 0 aromatic carbocycles. The molecule has 13 heteroatoms. The largest absolute Gasteiger partial charge is 0.373 e. The molecular weight excluding hydrogens is 901 g/mol. The number of carbonyl (C=O) groups is 3. The van der Waals surface area contributed by atoms with Crippen molar-refractivity contribution >= 4 is 67.0 Å². The van der Waals surface area contributed by atoms with Gasteiger partial charge in [0.2, 0.25) is 17.7 Å². The molecule has 0 atom stereocenters. The van der Waals surface area contributed by atoms with Crippen molar-refractivity contribution in [2.24, 2.45) is 5.73 Å². The van der Waals surface area contributed by atoms with E-state index < -0.39 is 0 Å². The molecule has 0 spiro atoms. The molecule has 0 aliphatic rings. The minimum absolute atomic E-state index is 0.129. The number of amides is 3. The summed E-state index contributed by atoms with van der Waals surface area (Å²) in [4.78, 5) is 51.1. The molecule has 5 N–H and O–H groups in total. The van der Waals surface area contributed by atoms with Crippen molar-refractivity contribution in [3.8, 4) is 0 Å². The maximum Gasteiger partial charge on any atom is 0.373 e. The third-order valence-electron chi connectivity index (χ3n) is 8.23. The van der Waals surface area contributed by atoms with E-state index in [2.05, 4.69) is 151 Å². The van der Waals surface area contributed by atoms with Crippen LogP contribution in [-0.4, -0.2) is 73.1 Å². The molecule has 0 rings (SSSR count). The Bertz CT molecular complexity index is 1450. The van der Waals surface area contributed by atoms with E-state index in [-0.39, 0.29) is 23.9 Å². The van der Waals surface area contributed by atoms with Crippen molar-refractivity contribution in [1.82, 2.24) is 16.0 Å². The smallest absolute Gasteiger partial charge is 0.355 e. The Kier molecular flexibility index (Phi) is 64.4. The molecule has 0 aromatic heterocycles. The number of rotatable bonds is 41. The second kappa shape index (κ2) is 63.6. The Morgan fingerprint density at radius 3 is 0.939 bits per heavy atom. The molecule has 0 heterocycles. The van der Waals surface area contributed by atoms with Gasteiger partial charge in [-0.3, -0.25) is 14.4 Å². The van der Waals surface area contributed by atoms with E-state index in [1.54, 1.807) is 43.2 Å². The molecule has 0 aliphatic heterocycles. The summed E-state index contributed by atoms with van der Waals surface area (Å²) in [7, 11) is 7.00. The Morgan fingerprint density at radius 2 is 0.667 bits per heavy atom. The highest BCUT2D eigenvalue weighted by atomic mass is 33.1. The third kappa shape index (κ3) is 67.1. The van der Waals surface area contributed by atoms with Crippen LogP contribution in [0.4, 0.5) is 0 Å². The molecule has 0 fully saturated rings. The van der Waals surface area contributed by atoms with Gasteiger partial charge < -0.3 is 21.7 Å². The first-order chi connectivity index (χ1) is 32.4. The Hall–Kier alpha value is -3.45. The molecule has 0 aromatic rings. The van der Waals surface area contributed by atoms with E-state index in [1.807, 2.05) is 6.92 Å². The van der Waals surface area contributed by atoms with Crippen LogP contribution >= 0.6 is 43.2 Å².